The zero-order valence-corrected chi connectivity index (χ0v) is 17.5. The summed E-state index contributed by atoms with van der Waals surface area (Å²) in [5.74, 6) is 0.202. The van der Waals surface area contributed by atoms with Crippen molar-refractivity contribution in [3.05, 3.63) is 45.2 Å². The van der Waals surface area contributed by atoms with E-state index in [2.05, 4.69) is 15.6 Å². The minimum Gasteiger partial charge on any atom is -0.382 e. The number of thiophene rings is 1. The van der Waals surface area contributed by atoms with E-state index in [9.17, 15) is 9.59 Å². The maximum Gasteiger partial charge on any atom is 0.268 e. The summed E-state index contributed by atoms with van der Waals surface area (Å²) in [6, 6.07) is 7.13. The smallest absolute Gasteiger partial charge is 0.268 e. The highest BCUT2D eigenvalue weighted by Crippen LogP contribution is 2.33. The van der Waals surface area contributed by atoms with Gasteiger partial charge < -0.3 is 14.6 Å². The van der Waals surface area contributed by atoms with Crippen LogP contribution in [-0.4, -0.2) is 40.6 Å². The third kappa shape index (κ3) is 5.39. The van der Waals surface area contributed by atoms with Crippen molar-refractivity contribution in [2.75, 3.05) is 19.8 Å². The monoisotopic (exact) mass is 416 g/mol. The predicted octanol–water partition coefficient (Wildman–Crippen LogP) is 2.79. The predicted molar refractivity (Wildman–Crippen MR) is 111 cm³/mol. The lowest BCUT2D eigenvalue weighted by atomic mass is 10.1. The molecule has 0 atom stereocenters. The fraction of sp³-hybridized carbons (Fsp3) is 0.400. The summed E-state index contributed by atoms with van der Waals surface area (Å²) >= 11 is 1.56. The van der Waals surface area contributed by atoms with Crippen LogP contribution >= 0.6 is 11.3 Å². The first kappa shape index (κ1) is 20.9. The van der Waals surface area contributed by atoms with Crippen LogP contribution in [-0.2, 0) is 16.1 Å². The van der Waals surface area contributed by atoms with Gasteiger partial charge in [-0.3, -0.25) is 9.59 Å². The van der Waals surface area contributed by atoms with Crippen LogP contribution in [0.5, 0.6) is 0 Å². The lowest BCUT2D eigenvalue weighted by molar-refractivity contribution is -0.121. The number of carbonyl (C=O) groups excluding carboxylic acids is 1. The highest BCUT2D eigenvalue weighted by Gasteiger charge is 2.18. The summed E-state index contributed by atoms with van der Waals surface area (Å²) < 4.78 is 11.8. The Bertz CT molecular complexity index is 1040. The van der Waals surface area contributed by atoms with E-state index >= 15 is 0 Å². The van der Waals surface area contributed by atoms with Crippen molar-refractivity contribution in [2.24, 2.45) is 0 Å². The molecule has 0 saturated heterocycles. The van der Waals surface area contributed by atoms with Gasteiger partial charge in [0.05, 0.1) is 16.1 Å². The van der Waals surface area contributed by atoms with Gasteiger partial charge in [-0.25, -0.2) is 4.68 Å². The molecule has 0 fully saturated rings. The normalized spacial score (nSPS) is 11.0. The summed E-state index contributed by atoms with van der Waals surface area (Å²) in [4.78, 5) is 26.8. The molecule has 0 aliphatic carbocycles. The molecule has 29 heavy (non-hydrogen) atoms. The lowest BCUT2D eigenvalue weighted by Crippen LogP contribution is -2.34. The Hall–Kier alpha value is -2.78. The van der Waals surface area contributed by atoms with E-state index in [-0.39, 0.29) is 18.0 Å². The fourth-order valence-electron chi connectivity index (χ4n) is 2.76. The van der Waals surface area contributed by atoms with Crippen LogP contribution in [0.1, 0.15) is 23.9 Å². The van der Waals surface area contributed by atoms with Crippen molar-refractivity contribution in [2.45, 2.75) is 33.7 Å². The Balaban J connectivity index is 1.85. The molecule has 0 aromatic carbocycles. The molecular formula is C20H24N4O4S. The number of amides is 1. The molecule has 3 aromatic heterocycles. The van der Waals surface area contributed by atoms with Crippen LogP contribution in [0, 0.1) is 13.8 Å². The standard InChI is InChI=1S/C20H24N4O4S/c1-4-27-9-5-8-21-18(25)12-24-19(26)11-15(16-10-13(2)23-28-16)20(22-24)17-7-6-14(3)29-17/h6-7,10-11H,4-5,8-9,12H2,1-3H3,(H,21,25). The van der Waals surface area contributed by atoms with Gasteiger partial charge in [-0.15, -0.1) is 11.3 Å². The summed E-state index contributed by atoms with van der Waals surface area (Å²) in [7, 11) is 0. The Morgan fingerprint density at radius 2 is 2.14 bits per heavy atom. The minimum absolute atomic E-state index is 0.152. The zero-order chi connectivity index (χ0) is 20.8. The number of aryl methyl sites for hydroxylation is 2. The second kappa shape index (κ2) is 9.62. The molecule has 8 nitrogen and oxygen atoms in total. The third-order valence-electron chi connectivity index (χ3n) is 4.15. The van der Waals surface area contributed by atoms with E-state index in [1.165, 1.54) is 10.7 Å². The molecule has 3 heterocycles. The van der Waals surface area contributed by atoms with Crippen molar-refractivity contribution >= 4 is 17.2 Å². The van der Waals surface area contributed by atoms with Gasteiger partial charge in [0, 0.05) is 36.8 Å². The SMILES string of the molecule is CCOCCCNC(=O)Cn1nc(-c2ccc(C)s2)c(-c2cc(C)no2)cc1=O. The fourth-order valence-corrected chi connectivity index (χ4v) is 3.63. The molecule has 0 radical (unpaired) electrons. The second-order valence-corrected chi connectivity index (χ2v) is 7.83. The van der Waals surface area contributed by atoms with E-state index in [1.807, 2.05) is 32.9 Å². The molecule has 9 heteroatoms. The van der Waals surface area contributed by atoms with Crippen LogP contribution in [0.2, 0.25) is 0 Å². The number of hydrogen-bond acceptors (Lipinski definition) is 7. The first-order valence-electron chi connectivity index (χ1n) is 9.45. The van der Waals surface area contributed by atoms with E-state index in [1.54, 1.807) is 17.4 Å². The summed E-state index contributed by atoms with van der Waals surface area (Å²) in [6.45, 7) is 7.30. The number of carbonyl (C=O) groups is 1. The molecule has 0 aliphatic heterocycles. The van der Waals surface area contributed by atoms with Gasteiger partial charge in [0.1, 0.15) is 12.2 Å². The van der Waals surface area contributed by atoms with Crippen LogP contribution in [0.4, 0.5) is 0 Å². The Labute approximate surface area is 172 Å². The topological polar surface area (TPSA) is 99.2 Å². The molecule has 0 aliphatic rings. The average molecular weight is 417 g/mol. The molecular weight excluding hydrogens is 392 g/mol. The lowest BCUT2D eigenvalue weighted by Gasteiger charge is -2.10. The number of rotatable bonds is 9. The molecule has 0 spiro atoms. The van der Waals surface area contributed by atoms with Gasteiger partial charge in [0.15, 0.2) is 5.76 Å². The van der Waals surface area contributed by atoms with Crippen LogP contribution in [0.25, 0.3) is 21.9 Å². The maximum atomic E-state index is 12.6. The Kier molecular flexibility index (Phi) is 6.95. The summed E-state index contributed by atoms with van der Waals surface area (Å²) in [5, 5.41) is 11.2. The van der Waals surface area contributed by atoms with Gasteiger partial charge >= 0.3 is 0 Å². The average Bonchev–Trinajstić information content (AvgIpc) is 3.31. The summed E-state index contributed by atoms with van der Waals surface area (Å²) in [5.41, 5.74) is 1.48. The molecule has 154 valence electrons. The van der Waals surface area contributed by atoms with Crippen molar-refractivity contribution in [3.63, 3.8) is 0 Å². The van der Waals surface area contributed by atoms with Gasteiger partial charge in [-0.2, -0.15) is 5.10 Å². The molecule has 1 amide bonds. The number of aromatic nitrogens is 3. The quantitative estimate of drug-likeness (QED) is 0.539. The Morgan fingerprint density at radius 1 is 1.31 bits per heavy atom. The number of nitrogens with one attached hydrogen (secondary N) is 1. The molecule has 0 bridgehead atoms. The van der Waals surface area contributed by atoms with E-state index < -0.39 is 0 Å². The van der Waals surface area contributed by atoms with Crippen LogP contribution < -0.4 is 10.9 Å². The molecule has 3 aromatic rings. The molecule has 0 saturated carbocycles. The second-order valence-electron chi connectivity index (χ2n) is 6.55. The van der Waals surface area contributed by atoms with E-state index in [4.69, 9.17) is 9.26 Å². The van der Waals surface area contributed by atoms with E-state index in [0.717, 1.165) is 9.75 Å². The van der Waals surface area contributed by atoms with Crippen molar-refractivity contribution in [3.8, 4) is 21.9 Å². The first-order valence-corrected chi connectivity index (χ1v) is 10.3. The molecule has 3 rings (SSSR count). The third-order valence-corrected chi connectivity index (χ3v) is 5.16. The first-order chi connectivity index (χ1) is 14.0. The highest BCUT2D eigenvalue weighted by molar-refractivity contribution is 7.15. The number of hydrogen-bond donors (Lipinski definition) is 1. The van der Waals surface area contributed by atoms with Gasteiger partial charge in [-0.1, -0.05) is 5.16 Å². The molecule has 1 N–H and O–H groups in total. The van der Waals surface area contributed by atoms with Crippen LogP contribution in [0.15, 0.2) is 33.6 Å². The van der Waals surface area contributed by atoms with Crippen molar-refractivity contribution in [1.29, 1.82) is 0 Å². The number of nitrogens with zero attached hydrogens (tertiary/aromatic N) is 3. The van der Waals surface area contributed by atoms with Crippen molar-refractivity contribution in [1.82, 2.24) is 20.3 Å². The largest absolute Gasteiger partial charge is 0.382 e. The zero-order valence-electron chi connectivity index (χ0n) is 16.7. The maximum absolute atomic E-state index is 12.6. The van der Waals surface area contributed by atoms with Gasteiger partial charge in [-0.05, 0) is 39.3 Å². The number of ether oxygens (including phenoxy) is 1. The summed E-state index contributed by atoms with van der Waals surface area (Å²) in [6.07, 6.45) is 0.714. The van der Waals surface area contributed by atoms with Crippen molar-refractivity contribution < 1.29 is 14.1 Å². The van der Waals surface area contributed by atoms with Gasteiger partial charge in [0.25, 0.3) is 5.56 Å². The van der Waals surface area contributed by atoms with Crippen LogP contribution in [0.3, 0.4) is 0 Å². The van der Waals surface area contributed by atoms with Gasteiger partial charge in [0.2, 0.25) is 5.91 Å². The molecule has 0 unspecified atom stereocenters. The van der Waals surface area contributed by atoms with E-state index in [0.29, 0.717) is 48.9 Å². The highest BCUT2D eigenvalue weighted by atomic mass is 32.1. The Morgan fingerprint density at radius 3 is 2.79 bits per heavy atom. The minimum atomic E-state index is -0.379.